The van der Waals surface area contributed by atoms with Crippen LogP contribution in [-0.4, -0.2) is 29.8 Å². The third kappa shape index (κ3) is 3.91. The number of rotatable bonds is 4. The van der Waals surface area contributed by atoms with Crippen LogP contribution < -0.4 is 18.0 Å². The van der Waals surface area contributed by atoms with E-state index in [-0.39, 0.29) is 23.7 Å². The zero-order valence-electron chi connectivity index (χ0n) is 14.6. The van der Waals surface area contributed by atoms with Gasteiger partial charge in [0.15, 0.2) is 11.0 Å². The molecule has 2 aromatic heterocycles. The summed E-state index contributed by atoms with van der Waals surface area (Å²) in [6.07, 6.45) is 0. The molecule has 10 heteroatoms. The molecule has 0 atom stereocenters. The Labute approximate surface area is 178 Å². The van der Waals surface area contributed by atoms with Gasteiger partial charge < -0.3 is 27.1 Å². The zero-order valence-corrected chi connectivity index (χ0v) is 17.7. The van der Waals surface area contributed by atoms with E-state index in [1.807, 2.05) is 25.2 Å². The van der Waals surface area contributed by atoms with E-state index in [1.165, 1.54) is 11.8 Å². The number of nitrogens with zero attached hydrogens (tertiary/aromatic N) is 4. The second-order valence-corrected chi connectivity index (χ2v) is 7.70. The third-order valence-corrected chi connectivity index (χ3v) is 5.56. The average Bonchev–Trinajstić information content (AvgIpc) is 3.02. The van der Waals surface area contributed by atoms with E-state index in [0.29, 0.717) is 39.0 Å². The van der Waals surface area contributed by atoms with Crippen molar-refractivity contribution in [1.82, 2.24) is 24.7 Å². The summed E-state index contributed by atoms with van der Waals surface area (Å²) in [7, 11) is 1.83. The summed E-state index contributed by atoms with van der Waals surface area (Å²) in [4.78, 5) is 19.5. The van der Waals surface area contributed by atoms with Gasteiger partial charge >= 0.3 is 0 Å². The number of H-pyrrole nitrogens is 1. The minimum atomic E-state index is -0.158. The van der Waals surface area contributed by atoms with Crippen LogP contribution in [0, 0.1) is 0 Å². The maximum absolute atomic E-state index is 12.2. The summed E-state index contributed by atoms with van der Waals surface area (Å²) in [5.74, 6) is 1.69. The van der Waals surface area contributed by atoms with Crippen molar-refractivity contribution in [2.45, 2.75) is 10.9 Å². The summed E-state index contributed by atoms with van der Waals surface area (Å²) < 4.78 is 2.64. The molecule has 2 heterocycles. The molecule has 4 aromatic rings. The van der Waals surface area contributed by atoms with Gasteiger partial charge in [0.25, 0.3) is 5.56 Å². The Morgan fingerprint density at radius 1 is 1.21 bits per heavy atom. The molecule has 2 N–H and O–H groups in total. The molecule has 28 heavy (non-hydrogen) atoms. The van der Waals surface area contributed by atoms with Crippen molar-refractivity contribution in [3.8, 4) is 17.1 Å². The summed E-state index contributed by atoms with van der Waals surface area (Å²) in [5.41, 5.74) is 1.09. The highest BCUT2D eigenvalue weighted by atomic mass is 79.9. The van der Waals surface area contributed by atoms with Crippen LogP contribution in [0.4, 0.5) is 0 Å². The number of para-hydroxylation sites is 1. The van der Waals surface area contributed by atoms with Crippen LogP contribution in [0.5, 0.6) is 5.75 Å². The maximum Gasteiger partial charge on any atom is 0.258 e. The molecule has 0 spiro atoms. The lowest BCUT2D eigenvalue weighted by Gasteiger charge is -2.06. The first-order valence-corrected chi connectivity index (χ1v) is 9.80. The standard InChI is InChI=1S/C18H14BrN5O2S.ClH/c1-24-16(12-8-10(19)6-7-14(12)25)22-23-18(24)27-9-15-20-13-5-3-2-4-11(13)17(26)21-15;/h2-8,25H,9H2,1H3,(H,20,21,26);1H/p-1. The number of nitrogens with one attached hydrogen (secondary N) is 1. The SMILES string of the molecule is Cn1c(SCc2nc3ccccc3c(=O)[nH]2)nnc1-c1cc(Br)ccc1O.[Cl-]. The quantitative estimate of drug-likeness (QED) is 0.414. The Kier molecular flexibility index (Phi) is 6.07. The van der Waals surface area contributed by atoms with Gasteiger partial charge in [-0.2, -0.15) is 0 Å². The summed E-state index contributed by atoms with van der Waals surface area (Å²) in [6.45, 7) is 0. The van der Waals surface area contributed by atoms with Gasteiger partial charge in [-0.3, -0.25) is 4.79 Å². The fourth-order valence-corrected chi connectivity index (χ4v) is 3.84. The lowest BCUT2D eigenvalue weighted by Crippen LogP contribution is -3.00. The van der Waals surface area contributed by atoms with Crippen molar-refractivity contribution < 1.29 is 17.5 Å². The molecule has 0 aliphatic heterocycles. The first kappa shape index (κ1) is 20.4. The number of hydrogen-bond acceptors (Lipinski definition) is 6. The highest BCUT2D eigenvalue weighted by Gasteiger charge is 2.15. The van der Waals surface area contributed by atoms with Gasteiger partial charge in [-0.25, -0.2) is 4.98 Å². The van der Waals surface area contributed by atoms with Gasteiger partial charge in [0, 0.05) is 11.5 Å². The minimum absolute atomic E-state index is 0. The number of aromatic amines is 1. The van der Waals surface area contributed by atoms with Crippen molar-refractivity contribution in [3.05, 3.63) is 63.1 Å². The monoisotopic (exact) mass is 478 g/mol. The molecule has 144 valence electrons. The van der Waals surface area contributed by atoms with Crippen LogP contribution >= 0.6 is 27.7 Å². The van der Waals surface area contributed by atoms with Crippen LogP contribution in [-0.2, 0) is 12.8 Å². The largest absolute Gasteiger partial charge is 1.00 e. The fraction of sp³-hybridized carbons (Fsp3) is 0.111. The van der Waals surface area contributed by atoms with Gasteiger partial charge in [0.1, 0.15) is 11.6 Å². The second kappa shape index (κ2) is 8.34. The average molecular weight is 480 g/mol. The molecule has 0 aliphatic rings. The number of thioether (sulfide) groups is 1. The van der Waals surface area contributed by atoms with E-state index in [2.05, 4.69) is 36.1 Å². The fourth-order valence-electron chi connectivity index (χ4n) is 2.70. The van der Waals surface area contributed by atoms with Crippen LogP contribution in [0.15, 0.2) is 56.9 Å². The number of fused-ring (bicyclic) bond motifs is 1. The molecular formula is C18H14BrClN5O2S-. The smallest absolute Gasteiger partial charge is 0.258 e. The lowest BCUT2D eigenvalue weighted by atomic mass is 10.2. The molecule has 0 saturated heterocycles. The highest BCUT2D eigenvalue weighted by Crippen LogP contribution is 2.32. The Morgan fingerprint density at radius 2 is 2.00 bits per heavy atom. The second-order valence-electron chi connectivity index (χ2n) is 5.85. The van der Waals surface area contributed by atoms with Crippen molar-refractivity contribution in [1.29, 1.82) is 0 Å². The van der Waals surface area contributed by atoms with E-state index in [0.717, 1.165) is 4.47 Å². The van der Waals surface area contributed by atoms with Gasteiger partial charge in [-0.05, 0) is 30.3 Å². The van der Waals surface area contributed by atoms with Crippen molar-refractivity contribution in [3.63, 3.8) is 0 Å². The van der Waals surface area contributed by atoms with E-state index in [1.54, 1.807) is 28.8 Å². The molecular weight excluding hydrogens is 466 g/mol. The van der Waals surface area contributed by atoms with E-state index in [4.69, 9.17) is 0 Å². The molecule has 7 nitrogen and oxygen atoms in total. The lowest BCUT2D eigenvalue weighted by molar-refractivity contribution is -0.00000660. The van der Waals surface area contributed by atoms with Gasteiger partial charge in [0.05, 0.1) is 22.2 Å². The molecule has 0 fully saturated rings. The van der Waals surface area contributed by atoms with E-state index < -0.39 is 0 Å². The molecule has 0 aliphatic carbocycles. The summed E-state index contributed by atoms with van der Waals surface area (Å²) in [5, 5.41) is 19.7. The van der Waals surface area contributed by atoms with Gasteiger partial charge in [0.2, 0.25) is 0 Å². The number of hydrogen-bond donors (Lipinski definition) is 2. The molecule has 4 rings (SSSR count). The number of aromatic hydroxyl groups is 1. The zero-order chi connectivity index (χ0) is 19.0. The van der Waals surface area contributed by atoms with Gasteiger partial charge in [-0.1, -0.05) is 39.8 Å². The van der Waals surface area contributed by atoms with Crippen LogP contribution in [0.2, 0.25) is 0 Å². The maximum atomic E-state index is 12.2. The molecule has 0 amide bonds. The van der Waals surface area contributed by atoms with Crippen LogP contribution in [0.25, 0.3) is 22.3 Å². The third-order valence-electron chi connectivity index (χ3n) is 4.03. The number of halogens is 2. The molecule has 0 saturated carbocycles. The molecule has 0 bridgehead atoms. The van der Waals surface area contributed by atoms with Gasteiger partial charge in [-0.15, -0.1) is 10.2 Å². The number of benzene rings is 2. The highest BCUT2D eigenvalue weighted by molar-refractivity contribution is 9.10. The number of phenolic OH excluding ortho intramolecular Hbond substituents is 1. The molecule has 2 aromatic carbocycles. The normalized spacial score (nSPS) is 10.8. The van der Waals surface area contributed by atoms with Crippen LogP contribution in [0.3, 0.4) is 0 Å². The Bertz CT molecular complexity index is 1210. The van der Waals surface area contributed by atoms with Crippen LogP contribution in [0.1, 0.15) is 5.82 Å². The predicted octanol–water partition coefficient (Wildman–Crippen LogP) is 0.483. The van der Waals surface area contributed by atoms with Crippen molar-refractivity contribution >= 4 is 38.6 Å². The summed E-state index contributed by atoms with van der Waals surface area (Å²) in [6, 6.07) is 12.4. The Hall–Kier alpha value is -2.36. The van der Waals surface area contributed by atoms with Crippen molar-refractivity contribution in [2.24, 2.45) is 7.05 Å². The van der Waals surface area contributed by atoms with E-state index >= 15 is 0 Å². The topological polar surface area (TPSA) is 96.7 Å². The molecule has 0 radical (unpaired) electrons. The predicted molar refractivity (Wildman–Crippen MR) is 108 cm³/mol. The minimum Gasteiger partial charge on any atom is -1.00 e. The Morgan fingerprint density at radius 3 is 2.82 bits per heavy atom. The Balaban J connectivity index is 0.00000225. The first-order valence-electron chi connectivity index (χ1n) is 8.02. The van der Waals surface area contributed by atoms with Crippen molar-refractivity contribution in [2.75, 3.05) is 0 Å². The first-order chi connectivity index (χ1) is 13.0. The number of aromatic nitrogens is 5. The number of phenols is 1. The van der Waals surface area contributed by atoms with E-state index in [9.17, 15) is 9.90 Å². The molecule has 0 unspecified atom stereocenters. The summed E-state index contributed by atoms with van der Waals surface area (Å²) >= 11 is 4.80.